The van der Waals surface area contributed by atoms with Crippen LogP contribution in [0.3, 0.4) is 0 Å². The summed E-state index contributed by atoms with van der Waals surface area (Å²) in [7, 11) is -111. The smallest absolute Gasteiger partial charge is 0.325 e. The zero-order valence-corrected chi connectivity index (χ0v) is 57.9. The van der Waals surface area contributed by atoms with E-state index in [0.29, 0.717) is 0 Å². The van der Waals surface area contributed by atoms with Gasteiger partial charge in [0.2, 0.25) is 44.2 Å². The molecule has 0 atom stereocenters. The predicted molar refractivity (Wildman–Crippen MR) is 291 cm³/mol. The molecule has 0 fully saturated rings. The maximum absolute atomic E-state index is 12.7. The molecule has 542 valence electrons. The summed E-state index contributed by atoms with van der Waals surface area (Å²) in [6.45, 7) is -9.41. The maximum Gasteiger partial charge on any atom is 0.355 e. The highest BCUT2D eigenvalue weighted by molar-refractivity contribution is 7.75. The highest BCUT2D eigenvalue weighted by Crippen LogP contribution is 2.73. The van der Waals surface area contributed by atoms with E-state index < -0.39 is 261 Å². The molecule has 0 aromatic carbocycles. The van der Waals surface area contributed by atoms with Gasteiger partial charge in [0.1, 0.15) is 0 Å². The van der Waals surface area contributed by atoms with Crippen LogP contribution in [0, 0.1) is 0 Å². The number of nitrogens with two attached hydrogens (primary N) is 2. The minimum atomic E-state index is -6.96. The molecule has 0 saturated carbocycles. The van der Waals surface area contributed by atoms with E-state index in [9.17, 15) is 230 Å². The standard InChI is InChI=1S/C20H64N6O48P16/c21-19(3-7-23(11(75(27,28)29)76(30,31)32)12(77(33,34)35)78(36,37)38,4-8-24(13(79(39,40)41)80(42,43)44)14(81(45,46)47)82(48,49)50)1-2-20(22,5-9-25(15(83(51,52)53)84(54,55)56)16(85(57,58)59)86(60,61)62)6-10-26(17(87(63,64)65)88(66,67)68)18(89(69,70)71)90(72,73)74/h11-18H,1-10,21-22H2,(H2,27,28,29)(H2,30,31,32)(H2,33,34,35)(H2,36,37,38)(H2,39,40,41)(H2,42,43,44)(H2,45,46,47)(H2,48,49,50)(H2,51,52,53)(H2,54,55,56)(H2,57,58,59)(H2,60,61,62)(H2,63,64,65)(H2,66,67,68)(H2,69,70,71)(H2,72,73,74). The number of nitrogens with zero attached hydrogens (tertiary/aromatic N) is 4. The Balaban J connectivity index is 9.99. The van der Waals surface area contributed by atoms with Gasteiger partial charge >= 0.3 is 122 Å². The Hall–Kier alpha value is 2.16. The summed E-state index contributed by atoms with van der Waals surface area (Å²) >= 11 is 0. The molecule has 0 unspecified atom stereocenters. The second-order valence-corrected chi connectivity index (χ2v) is 49.3. The molecule has 0 rings (SSSR count). The molecule has 0 bridgehead atoms. The van der Waals surface area contributed by atoms with Gasteiger partial charge in [-0.15, -0.1) is 0 Å². The minimum absolute atomic E-state index is 1.13. The van der Waals surface area contributed by atoms with Crippen molar-refractivity contribution in [2.75, 3.05) is 26.2 Å². The van der Waals surface area contributed by atoms with Gasteiger partial charge in [-0.05, 0) is 38.5 Å². The van der Waals surface area contributed by atoms with E-state index in [2.05, 4.69) is 0 Å². The van der Waals surface area contributed by atoms with E-state index >= 15 is 0 Å². The van der Waals surface area contributed by atoms with Gasteiger partial charge in [-0.1, -0.05) is 0 Å². The summed E-state index contributed by atoms with van der Waals surface area (Å²) in [5.41, 5.74) is -28.5. The highest BCUT2D eigenvalue weighted by atomic mass is 31.3. The summed E-state index contributed by atoms with van der Waals surface area (Å²) in [4.78, 5) is 319. The van der Waals surface area contributed by atoms with Crippen LogP contribution >= 0.6 is 122 Å². The minimum Gasteiger partial charge on any atom is -0.325 e. The lowest BCUT2D eigenvalue weighted by Crippen LogP contribution is -2.54. The van der Waals surface area contributed by atoms with Gasteiger partial charge in [0.15, 0.2) is 0 Å². The van der Waals surface area contributed by atoms with Crippen LogP contribution in [0.1, 0.15) is 38.5 Å². The molecule has 0 amide bonds. The average Bonchev–Trinajstić information content (AvgIpc) is 1.47. The lowest BCUT2D eigenvalue weighted by atomic mass is 9.79. The molecule has 0 radical (unpaired) electrons. The molecule has 36 N–H and O–H groups in total. The van der Waals surface area contributed by atoms with Crippen LogP contribution in [0.5, 0.6) is 0 Å². The Bertz CT molecular complexity index is 2550. The van der Waals surface area contributed by atoms with E-state index in [0.717, 1.165) is 0 Å². The van der Waals surface area contributed by atoms with Crippen molar-refractivity contribution in [3.8, 4) is 0 Å². The topological polar surface area (TPSA) is 985 Å². The molecule has 0 spiro atoms. The molecule has 0 aliphatic rings. The van der Waals surface area contributed by atoms with Crippen molar-refractivity contribution in [3.05, 3.63) is 0 Å². The van der Waals surface area contributed by atoms with E-state index in [4.69, 9.17) is 11.5 Å². The zero-order valence-electron chi connectivity index (χ0n) is 43.6. The molecule has 70 heteroatoms. The average molecular weight is 1650 g/mol. The largest absolute Gasteiger partial charge is 0.355 e. The molecule has 90 heavy (non-hydrogen) atoms. The summed E-state index contributed by atoms with van der Waals surface area (Å²) in [6.07, 6.45) is -12.2. The van der Waals surface area contributed by atoms with Gasteiger partial charge in [0, 0.05) is 37.3 Å². The van der Waals surface area contributed by atoms with Crippen LogP contribution in [0.2, 0.25) is 0 Å². The fourth-order valence-corrected chi connectivity index (χ4v) is 33.1. The fraction of sp³-hybridized carbons (Fsp3) is 1.00. The molecular formula is C20H64N6O48P16. The van der Waals surface area contributed by atoms with E-state index in [-0.39, 0.29) is 0 Å². The Labute approximate surface area is 500 Å². The first-order chi connectivity index (χ1) is 38.5. The summed E-state index contributed by atoms with van der Waals surface area (Å²) < 4.78 is 204. The van der Waals surface area contributed by atoms with Crippen LogP contribution in [0.15, 0.2) is 0 Å². The van der Waals surface area contributed by atoms with Crippen molar-refractivity contribution in [2.45, 2.75) is 93.8 Å². The first-order valence-corrected chi connectivity index (χ1v) is 48.9. The SMILES string of the molecule is NC(CCN(C(P(=O)(O)O)P(=O)(O)O)C(P(=O)(O)O)P(=O)(O)O)(CCN(C(P(=O)(O)O)P(=O)(O)O)C(P(=O)(O)O)P(=O)(O)O)CCC(N)(CCN(C(P(=O)(O)O)P(=O)(O)O)C(P(=O)(O)O)P(=O)(O)O)CCN(C(P(=O)(O)O)P(=O)(O)O)C(P(=O)(O)O)P(=O)(O)O. The van der Waals surface area contributed by atoms with Crippen LogP contribution in [0.4, 0.5) is 0 Å². The van der Waals surface area contributed by atoms with Gasteiger partial charge in [0.05, 0.1) is 0 Å². The Kier molecular flexibility index (Phi) is 31.1. The molecule has 0 aromatic heterocycles. The van der Waals surface area contributed by atoms with Gasteiger partial charge in [-0.25, -0.2) is 0 Å². The molecule has 0 heterocycles. The molecule has 0 saturated heterocycles. The zero-order chi connectivity index (χ0) is 73.0. The number of hydrogen-bond acceptors (Lipinski definition) is 22. The van der Waals surface area contributed by atoms with E-state index in [1.165, 1.54) is 0 Å². The third kappa shape index (κ3) is 27.6. The van der Waals surface area contributed by atoms with Gasteiger partial charge in [-0.3, -0.25) is 92.6 Å². The second kappa shape index (κ2) is 30.4. The summed E-state index contributed by atoms with van der Waals surface area (Å²) in [5.74, 6) is 0. The van der Waals surface area contributed by atoms with Crippen molar-refractivity contribution in [3.63, 3.8) is 0 Å². The molecule has 0 aliphatic carbocycles. The third-order valence-corrected chi connectivity index (χ3v) is 40.6. The lowest BCUT2D eigenvalue weighted by molar-refractivity contribution is 0.140. The van der Waals surface area contributed by atoms with Crippen molar-refractivity contribution in [1.82, 2.24) is 19.6 Å². The predicted octanol–water partition coefficient (Wildman–Crippen LogP) is -6.96. The highest BCUT2D eigenvalue weighted by Gasteiger charge is 2.63. The number of hydrogen-bond donors (Lipinski definition) is 34. The number of rotatable bonds is 39. The Morgan fingerprint density at radius 1 is 0.189 bits per heavy atom. The van der Waals surface area contributed by atoms with Crippen LogP contribution in [-0.2, 0) is 73.0 Å². The van der Waals surface area contributed by atoms with Gasteiger partial charge in [0.25, 0.3) is 0 Å². The van der Waals surface area contributed by atoms with Crippen molar-refractivity contribution >= 4 is 122 Å². The van der Waals surface area contributed by atoms with E-state index in [1.54, 1.807) is 0 Å². The van der Waals surface area contributed by atoms with Crippen molar-refractivity contribution in [2.24, 2.45) is 11.5 Å². The maximum atomic E-state index is 12.7. The molecule has 54 nitrogen and oxygen atoms in total. The lowest BCUT2D eigenvalue weighted by Gasteiger charge is -2.44. The van der Waals surface area contributed by atoms with Crippen molar-refractivity contribution < 1.29 is 230 Å². The second-order valence-electron chi connectivity index (χ2n) is 19.4. The summed E-state index contributed by atoms with van der Waals surface area (Å²) in [5, 5.41) is 0. The third-order valence-electron chi connectivity index (χ3n) is 11.8. The first-order valence-electron chi connectivity index (χ1n) is 22.0. The fourth-order valence-electron chi connectivity index (χ4n) is 8.71. The Morgan fingerprint density at radius 2 is 0.267 bits per heavy atom. The monoisotopic (exact) mass is 1650 g/mol. The van der Waals surface area contributed by atoms with Gasteiger partial charge in [-0.2, -0.15) is 0 Å². The van der Waals surface area contributed by atoms with Crippen LogP contribution in [0.25, 0.3) is 0 Å². The Morgan fingerprint density at radius 3 is 0.333 bits per heavy atom. The molecule has 0 aromatic rings. The first kappa shape index (κ1) is 92.2. The summed E-state index contributed by atoms with van der Waals surface area (Å²) in [6, 6.07) is 0. The van der Waals surface area contributed by atoms with E-state index in [1.807, 2.05) is 0 Å². The molecular weight excluding hydrogens is 1590 g/mol. The normalized spacial score (nSPS) is 16.0. The molecule has 0 aliphatic heterocycles. The van der Waals surface area contributed by atoms with Crippen LogP contribution < -0.4 is 11.5 Å². The van der Waals surface area contributed by atoms with Crippen molar-refractivity contribution in [1.29, 1.82) is 0 Å². The van der Waals surface area contributed by atoms with Crippen LogP contribution in [-0.4, -0.2) is 258 Å². The van der Waals surface area contributed by atoms with Gasteiger partial charge < -0.3 is 168 Å². The quantitative estimate of drug-likeness (QED) is 0.0254.